The monoisotopic (exact) mass is 275 g/mol. The smallest absolute Gasteiger partial charge is 0.320 e. The van der Waals surface area contributed by atoms with Crippen LogP contribution < -0.4 is 0 Å². The van der Waals surface area contributed by atoms with Crippen molar-refractivity contribution in [3.05, 3.63) is 29.6 Å². The predicted octanol–water partition coefficient (Wildman–Crippen LogP) is 2.63. The molecule has 0 saturated heterocycles. The van der Waals surface area contributed by atoms with Gasteiger partial charge in [-0.2, -0.15) is 0 Å². The third-order valence-corrected chi connectivity index (χ3v) is 3.89. The van der Waals surface area contributed by atoms with E-state index in [1.807, 2.05) is 25.1 Å². The summed E-state index contributed by atoms with van der Waals surface area (Å²) in [5.41, 5.74) is 0.660. The molecule has 1 aromatic rings. The van der Waals surface area contributed by atoms with Crippen LogP contribution in [0.4, 0.5) is 0 Å². The number of aromatic nitrogens is 1. The van der Waals surface area contributed by atoms with Crippen LogP contribution in [0.5, 0.6) is 0 Å². The minimum Gasteiger partial charge on any atom is -0.465 e. The highest BCUT2D eigenvalue weighted by atomic mass is 16.5. The van der Waals surface area contributed by atoms with Crippen molar-refractivity contribution in [2.45, 2.75) is 46.0 Å². The first-order chi connectivity index (χ1) is 9.58. The van der Waals surface area contributed by atoms with E-state index in [9.17, 15) is 9.59 Å². The summed E-state index contributed by atoms with van der Waals surface area (Å²) in [5.74, 6) is -0.376. The largest absolute Gasteiger partial charge is 0.465 e. The molecule has 108 valence electrons. The van der Waals surface area contributed by atoms with Gasteiger partial charge in [0.2, 0.25) is 0 Å². The van der Waals surface area contributed by atoms with Crippen LogP contribution >= 0.6 is 0 Å². The zero-order valence-electron chi connectivity index (χ0n) is 12.1. The summed E-state index contributed by atoms with van der Waals surface area (Å²) in [6.45, 7) is 3.97. The lowest BCUT2D eigenvalue weighted by molar-refractivity contribution is -0.162. The second-order valence-corrected chi connectivity index (χ2v) is 5.38. The van der Waals surface area contributed by atoms with Crippen molar-refractivity contribution in [1.29, 1.82) is 0 Å². The van der Waals surface area contributed by atoms with Crippen LogP contribution in [-0.2, 0) is 20.7 Å². The summed E-state index contributed by atoms with van der Waals surface area (Å²) >= 11 is 0. The van der Waals surface area contributed by atoms with Gasteiger partial charge < -0.3 is 4.74 Å². The van der Waals surface area contributed by atoms with Gasteiger partial charge in [-0.05, 0) is 38.8 Å². The number of esters is 1. The average molecular weight is 275 g/mol. The molecule has 1 atom stereocenters. The summed E-state index contributed by atoms with van der Waals surface area (Å²) in [5, 5.41) is 0. The van der Waals surface area contributed by atoms with Crippen LogP contribution in [0, 0.1) is 12.3 Å². The molecule has 1 unspecified atom stereocenters. The zero-order valence-corrected chi connectivity index (χ0v) is 12.1. The van der Waals surface area contributed by atoms with E-state index in [-0.39, 0.29) is 11.8 Å². The van der Waals surface area contributed by atoms with E-state index in [4.69, 9.17) is 4.74 Å². The maximum atomic E-state index is 12.4. The minimum absolute atomic E-state index is 0.00510. The Bertz CT molecular complexity index is 512. The fourth-order valence-electron chi connectivity index (χ4n) is 2.84. The number of ketones is 1. The number of Topliss-reactive ketones (excluding diaryl/α,β-unsaturated/α-hetero) is 1. The van der Waals surface area contributed by atoms with E-state index in [1.54, 1.807) is 6.92 Å². The predicted molar refractivity (Wildman–Crippen MR) is 75.2 cm³/mol. The Labute approximate surface area is 119 Å². The van der Waals surface area contributed by atoms with Gasteiger partial charge in [-0.1, -0.05) is 12.5 Å². The number of carbonyl (C=O) groups is 2. The van der Waals surface area contributed by atoms with E-state index in [1.165, 1.54) is 0 Å². The van der Waals surface area contributed by atoms with E-state index in [0.29, 0.717) is 25.9 Å². The Kier molecular flexibility index (Phi) is 4.53. The molecule has 1 aliphatic rings. The van der Waals surface area contributed by atoms with E-state index in [2.05, 4.69) is 4.98 Å². The van der Waals surface area contributed by atoms with Crippen LogP contribution in [-0.4, -0.2) is 23.3 Å². The van der Waals surface area contributed by atoms with E-state index < -0.39 is 5.41 Å². The summed E-state index contributed by atoms with van der Waals surface area (Å²) in [7, 11) is 0. The maximum absolute atomic E-state index is 12.4. The fourth-order valence-corrected chi connectivity index (χ4v) is 2.84. The number of carbonyl (C=O) groups excluding carboxylic acids is 2. The number of nitrogens with zero attached hydrogens (tertiary/aromatic N) is 1. The van der Waals surface area contributed by atoms with E-state index in [0.717, 1.165) is 24.2 Å². The Balaban J connectivity index is 2.31. The summed E-state index contributed by atoms with van der Waals surface area (Å²) in [6, 6.07) is 5.68. The Morgan fingerprint density at radius 1 is 1.40 bits per heavy atom. The van der Waals surface area contributed by atoms with Crippen LogP contribution in [0.3, 0.4) is 0 Å². The van der Waals surface area contributed by atoms with Gasteiger partial charge in [-0.25, -0.2) is 0 Å². The standard InChI is InChI=1S/C16H21NO3/c1-3-20-15(19)16(10-5-4-9-14(16)18)11-13-8-6-7-12(2)17-13/h6-8H,3-5,9-11H2,1-2H3. The maximum Gasteiger partial charge on any atom is 0.320 e. The summed E-state index contributed by atoms with van der Waals surface area (Å²) in [4.78, 5) is 29.2. The molecule has 0 aliphatic heterocycles. The van der Waals surface area contributed by atoms with Gasteiger partial charge in [-0.3, -0.25) is 14.6 Å². The Morgan fingerprint density at radius 3 is 2.85 bits per heavy atom. The topological polar surface area (TPSA) is 56.3 Å². The quantitative estimate of drug-likeness (QED) is 0.626. The number of rotatable bonds is 4. The van der Waals surface area contributed by atoms with Crippen LogP contribution in [0.1, 0.15) is 44.0 Å². The average Bonchev–Trinajstić information content (AvgIpc) is 2.42. The van der Waals surface area contributed by atoms with Gasteiger partial charge in [0.15, 0.2) is 5.78 Å². The Hall–Kier alpha value is -1.71. The lowest BCUT2D eigenvalue weighted by Gasteiger charge is -2.33. The van der Waals surface area contributed by atoms with Gasteiger partial charge >= 0.3 is 5.97 Å². The molecule has 0 spiro atoms. The number of hydrogen-bond donors (Lipinski definition) is 0. The SMILES string of the molecule is CCOC(=O)C1(Cc2cccc(C)n2)CCCCC1=O. The normalized spacial score (nSPS) is 22.6. The van der Waals surface area contributed by atoms with Crippen LogP contribution in [0.15, 0.2) is 18.2 Å². The molecule has 4 nitrogen and oxygen atoms in total. The Morgan fingerprint density at radius 2 is 2.20 bits per heavy atom. The van der Waals surface area contributed by atoms with Gasteiger partial charge in [-0.15, -0.1) is 0 Å². The molecular formula is C16H21NO3. The number of ether oxygens (including phenoxy) is 1. The van der Waals surface area contributed by atoms with E-state index >= 15 is 0 Å². The lowest BCUT2D eigenvalue weighted by atomic mass is 9.70. The van der Waals surface area contributed by atoms with Crippen molar-refractivity contribution < 1.29 is 14.3 Å². The molecule has 0 amide bonds. The summed E-state index contributed by atoms with van der Waals surface area (Å²) < 4.78 is 5.17. The molecule has 0 radical (unpaired) electrons. The second-order valence-electron chi connectivity index (χ2n) is 5.38. The van der Waals surface area contributed by atoms with Gasteiger partial charge in [0, 0.05) is 24.2 Å². The first-order valence-electron chi connectivity index (χ1n) is 7.21. The molecule has 4 heteroatoms. The zero-order chi connectivity index (χ0) is 14.6. The minimum atomic E-state index is -1.02. The molecule has 1 aliphatic carbocycles. The molecule has 1 fully saturated rings. The van der Waals surface area contributed by atoms with Crippen molar-refractivity contribution in [1.82, 2.24) is 4.98 Å². The fraction of sp³-hybridized carbons (Fsp3) is 0.562. The number of hydrogen-bond acceptors (Lipinski definition) is 4. The van der Waals surface area contributed by atoms with Crippen molar-refractivity contribution in [2.24, 2.45) is 5.41 Å². The van der Waals surface area contributed by atoms with Gasteiger partial charge in [0.05, 0.1) is 6.61 Å². The van der Waals surface area contributed by atoms with Crippen LogP contribution in [0.2, 0.25) is 0 Å². The number of pyridine rings is 1. The van der Waals surface area contributed by atoms with Crippen molar-refractivity contribution in [3.8, 4) is 0 Å². The highest BCUT2D eigenvalue weighted by molar-refractivity contribution is 6.04. The first kappa shape index (κ1) is 14.7. The molecule has 0 bridgehead atoms. The molecule has 0 N–H and O–H groups in total. The molecule has 1 saturated carbocycles. The van der Waals surface area contributed by atoms with Crippen LogP contribution in [0.25, 0.3) is 0 Å². The first-order valence-corrected chi connectivity index (χ1v) is 7.21. The highest BCUT2D eigenvalue weighted by Crippen LogP contribution is 2.37. The summed E-state index contributed by atoms with van der Waals surface area (Å²) in [6.07, 6.45) is 3.13. The lowest BCUT2D eigenvalue weighted by Crippen LogP contribution is -2.44. The van der Waals surface area contributed by atoms with Gasteiger partial charge in [0.25, 0.3) is 0 Å². The molecule has 1 aromatic heterocycles. The molecule has 20 heavy (non-hydrogen) atoms. The molecule has 2 rings (SSSR count). The highest BCUT2D eigenvalue weighted by Gasteiger charge is 2.48. The van der Waals surface area contributed by atoms with Gasteiger partial charge in [0.1, 0.15) is 5.41 Å². The van der Waals surface area contributed by atoms with Crippen molar-refractivity contribution in [3.63, 3.8) is 0 Å². The molecule has 0 aromatic carbocycles. The second kappa shape index (κ2) is 6.16. The third-order valence-electron chi connectivity index (χ3n) is 3.89. The molecule has 1 heterocycles. The third kappa shape index (κ3) is 2.89. The van der Waals surface area contributed by atoms with Crippen molar-refractivity contribution >= 4 is 11.8 Å². The number of aryl methyl sites for hydroxylation is 1. The molecular weight excluding hydrogens is 254 g/mol. The van der Waals surface area contributed by atoms with Crippen molar-refractivity contribution in [2.75, 3.05) is 6.61 Å².